The first kappa shape index (κ1) is 19.4. The number of aryl methyl sites for hydroxylation is 1. The lowest BCUT2D eigenvalue weighted by molar-refractivity contribution is 0.0307. The monoisotopic (exact) mass is 482 g/mol. The lowest BCUT2D eigenvalue weighted by Crippen LogP contribution is -2.20. The molecule has 1 aromatic carbocycles. The Bertz CT molecular complexity index is 1390. The van der Waals surface area contributed by atoms with E-state index in [2.05, 4.69) is 46.3 Å². The lowest BCUT2D eigenvalue weighted by Gasteiger charge is -2.15. The van der Waals surface area contributed by atoms with E-state index in [1.165, 1.54) is 18.2 Å². The summed E-state index contributed by atoms with van der Waals surface area (Å²) in [5, 5.41) is 16.0. The predicted octanol–water partition coefficient (Wildman–Crippen LogP) is 3.88. The minimum Gasteiger partial charge on any atom is -0.275 e. The summed E-state index contributed by atoms with van der Waals surface area (Å²) >= 11 is 3.26. The second-order valence-corrected chi connectivity index (χ2v) is 7.71. The van der Waals surface area contributed by atoms with E-state index in [1.807, 2.05) is 0 Å². The van der Waals surface area contributed by atoms with Gasteiger partial charge in [-0.1, -0.05) is 18.2 Å². The van der Waals surface area contributed by atoms with Gasteiger partial charge in [0.25, 0.3) is 0 Å². The molecule has 0 saturated heterocycles. The molecule has 0 atom stereocenters. The molecule has 0 amide bonds. The van der Waals surface area contributed by atoms with Crippen LogP contribution in [0.2, 0.25) is 0 Å². The second-order valence-electron chi connectivity index (χ2n) is 6.79. The van der Waals surface area contributed by atoms with E-state index in [0.717, 1.165) is 4.52 Å². The lowest BCUT2D eigenvalue weighted by atomic mass is 10.0. The molecule has 0 aliphatic heterocycles. The highest BCUT2D eigenvalue weighted by Gasteiger charge is 2.40. The van der Waals surface area contributed by atoms with Crippen molar-refractivity contribution in [3.8, 4) is 22.6 Å². The fourth-order valence-corrected chi connectivity index (χ4v) is 3.34. The molecule has 0 saturated carbocycles. The van der Waals surface area contributed by atoms with Crippen LogP contribution in [0.25, 0.3) is 28.3 Å². The van der Waals surface area contributed by atoms with Crippen LogP contribution in [0.1, 0.15) is 11.4 Å². The highest BCUT2D eigenvalue weighted by atomic mass is 79.9. The maximum absolute atomic E-state index is 15.5. The number of nitrogens with zero attached hydrogens (tertiary/aromatic N) is 8. The minimum atomic E-state index is -3.45. The van der Waals surface area contributed by atoms with Crippen molar-refractivity contribution in [1.82, 2.24) is 39.6 Å². The number of rotatable bonds is 4. The van der Waals surface area contributed by atoms with Gasteiger partial charge < -0.3 is 0 Å². The second kappa shape index (κ2) is 7.27. The highest BCUT2D eigenvalue weighted by molar-refractivity contribution is 9.10. The molecular formula is C20H13BrF2N8. The molecule has 31 heavy (non-hydrogen) atoms. The topological polar surface area (TPSA) is 86.7 Å². The van der Waals surface area contributed by atoms with Gasteiger partial charge in [0.15, 0.2) is 11.5 Å². The van der Waals surface area contributed by atoms with Crippen molar-refractivity contribution in [2.75, 3.05) is 0 Å². The average molecular weight is 483 g/mol. The van der Waals surface area contributed by atoms with Gasteiger partial charge in [-0.05, 0) is 34.1 Å². The van der Waals surface area contributed by atoms with E-state index in [1.54, 1.807) is 54.7 Å². The van der Waals surface area contributed by atoms with Gasteiger partial charge in [0.1, 0.15) is 0 Å². The minimum absolute atomic E-state index is 0.217. The van der Waals surface area contributed by atoms with Crippen molar-refractivity contribution in [2.24, 2.45) is 7.05 Å². The van der Waals surface area contributed by atoms with E-state index in [9.17, 15) is 0 Å². The Kier molecular flexibility index (Phi) is 4.54. The van der Waals surface area contributed by atoms with Crippen LogP contribution in [-0.2, 0) is 13.0 Å². The van der Waals surface area contributed by atoms with Crippen LogP contribution in [0.4, 0.5) is 8.78 Å². The maximum atomic E-state index is 15.5. The van der Waals surface area contributed by atoms with Crippen LogP contribution in [0.3, 0.4) is 0 Å². The number of halogens is 3. The van der Waals surface area contributed by atoms with Crippen molar-refractivity contribution in [3.05, 3.63) is 77.0 Å². The molecule has 0 aliphatic rings. The quantitative estimate of drug-likeness (QED) is 0.386. The normalized spacial score (nSPS) is 11.9. The van der Waals surface area contributed by atoms with E-state index in [-0.39, 0.29) is 11.2 Å². The summed E-state index contributed by atoms with van der Waals surface area (Å²) in [6.45, 7) is 0. The van der Waals surface area contributed by atoms with Crippen molar-refractivity contribution in [1.29, 1.82) is 0 Å². The van der Waals surface area contributed by atoms with Crippen molar-refractivity contribution in [3.63, 3.8) is 0 Å². The third-order valence-corrected chi connectivity index (χ3v) is 5.06. The summed E-state index contributed by atoms with van der Waals surface area (Å²) in [4.78, 5) is 8.35. The number of fused-ring (bicyclic) bond motifs is 1. The Hall–Kier alpha value is -3.60. The zero-order valence-corrected chi connectivity index (χ0v) is 17.6. The van der Waals surface area contributed by atoms with Crippen molar-refractivity contribution < 1.29 is 8.78 Å². The number of alkyl halides is 2. The molecule has 0 bridgehead atoms. The van der Waals surface area contributed by atoms with Crippen LogP contribution < -0.4 is 0 Å². The average Bonchev–Trinajstić information content (AvgIpc) is 3.40. The smallest absolute Gasteiger partial charge is 0.275 e. The number of benzene rings is 1. The molecule has 8 nitrogen and oxygen atoms in total. The molecule has 5 aromatic rings. The Morgan fingerprint density at radius 3 is 2.52 bits per heavy atom. The van der Waals surface area contributed by atoms with Crippen molar-refractivity contribution in [2.45, 2.75) is 5.92 Å². The van der Waals surface area contributed by atoms with Crippen LogP contribution in [-0.4, -0.2) is 39.6 Å². The molecule has 11 heteroatoms. The van der Waals surface area contributed by atoms with Crippen LogP contribution >= 0.6 is 15.9 Å². The van der Waals surface area contributed by atoms with Crippen LogP contribution in [0, 0.1) is 0 Å². The molecule has 0 unspecified atom stereocenters. The molecule has 5 rings (SSSR count). The molecule has 4 heterocycles. The maximum Gasteiger partial charge on any atom is 0.333 e. The molecule has 4 aromatic heterocycles. The molecule has 0 radical (unpaired) electrons. The SMILES string of the molecule is Cn1cc(-c2ccc3nnc(C(F)(F)c4cccc(-c5ncc(Br)cn5)c4)n3n2)cn1. The standard InChI is InChI=1S/C20H13BrF2N8/c1-30-11-13(8-26-30)16-5-6-17-27-28-19(31(17)29-16)20(22,23)14-4-2-3-12(7-14)18-24-9-15(21)10-25-18/h2-11H,1H3. The van der Waals surface area contributed by atoms with Gasteiger partial charge >= 0.3 is 5.92 Å². The zero-order valence-electron chi connectivity index (χ0n) is 16.0. The van der Waals surface area contributed by atoms with Gasteiger partial charge in [0.05, 0.1) is 16.4 Å². The first-order chi connectivity index (χ1) is 14.9. The third-order valence-electron chi connectivity index (χ3n) is 4.65. The molecule has 0 N–H and O–H groups in total. The summed E-state index contributed by atoms with van der Waals surface area (Å²) in [6, 6.07) is 9.15. The Balaban J connectivity index is 1.59. The highest BCUT2D eigenvalue weighted by Crippen LogP contribution is 2.36. The summed E-state index contributed by atoms with van der Waals surface area (Å²) in [7, 11) is 1.77. The zero-order chi connectivity index (χ0) is 21.6. The van der Waals surface area contributed by atoms with E-state index in [0.29, 0.717) is 27.1 Å². The first-order valence-electron chi connectivity index (χ1n) is 9.10. The Morgan fingerprint density at radius 2 is 1.77 bits per heavy atom. The number of aromatic nitrogens is 8. The van der Waals surface area contributed by atoms with E-state index < -0.39 is 11.7 Å². The van der Waals surface area contributed by atoms with Gasteiger partial charge in [0, 0.05) is 42.3 Å². The summed E-state index contributed by atoms with van der Waals surface area (Å²) in [5.74, 6) is -3.70. The van der Waals surface area contributed by atoms with Gasteiger partial charge in [-0.15, -0.1) is 10.2 Å². The number of hydrogen-bond donors (Lipinski definition) is 0. The molecule has 0 fully saturated rings. The van der Waals surface area contributed by atoms with Crippen LogP contribution in [0.15, 0.2) is 65.7 Å². The van der Waals surface area contributed by atoms with Crippen molar-refractivity contribution >= 4 is 21.6 Å². The van der Waals surface area contributed by atoms with Gasteiger partial charge in [-0.2, -0.15) is 23.5 Å². The number of hydrogen-bond acceptors (Lipinski definition) is 6. The summed E-state index contributed by atoms with van der Waals surface area (Å²) in [6.07, 6.45) is 6.47. The predicted molar refractivity (Wildman–Crippen MR) is 111 cm³/mol. The van der Waals surface area contributed by atoms with Crippen LogP contribution in [0.5, 0.6) is 0 Å². The largest absolute Gasteiger partial charge is 0.333 e. The first-order valence-corrected chi connectivity index (χ1v) is 9.89. The van der Waals surface area contributed by atoms with Gasteiger partial charge in [0.2, 0.25) is 5.82 Å². The van der Waals surface area contributed by atoms with E-state index >= 15 is 8.78 Å². The molecule has 0 aliphatic carbocycles. The summed E-state index contributed by atoms with van der Waals surface area (Å²) < 4.78 is 34.4. The fourth-order valence-electron chi connectivity index (χ4n) is 3.14. The fraction of sp³-hybridized carbons (Fsp3) is 0.100. The molecule has 0 spiro atoms. The van der Waals surface area contributed by atoms with E-state index in [4.69, 9.17) is 0 Å². The van der Waals surface area contributed by atoms with Gasteiger partial charge in [-0.3, -0.25) is 4.68 Å². The summed E-state index contributed by atoms with van der Waals surface area (Å²) in [5.41, 5.74) is 1.59. The third kappa shape index (κ3) is 3.46. The Morgan fingerprint density at radius 1 is 0.968 bits per heavy atom. The van der Waals surface area contributed by atoms with Gasteiger partial charge in [-0.25, -0.2) is 9.97 Å². The molecule has 154 valence electrons. The Labute approximate surface area is 182 Å². The molecular weight excluding hydrogens is 470 g/mol.